The first-order valence-electron chi connectivity index (χ1n) is 8.95. The third-order valence-corrected chi connectivity index (χ3v) is 6.64. The van der Waals surface area contributed by atoms with Gasteiger partial charge in [0.2, 0.25) is 10.0 Å². The minimum atomic E-state index is -3.52. The van der Waals surface area contributed by atoms with E-state index in [2.05, 4.69) is 5.32 Å². The lowest BCUT2D eigenvalue weighted by Gasteiger charge is -2.25. The molecule has 0 spiro atoms. The van der Waals surface area contributed by atoms with E-state index in [0.29, 0.717) is 29.9 Å². The molecule has 0 aliphatic carbocycles. The first-order chi connectivity index (χ1) is 13.3. The van der Waals surface area contributed by atoms with Crippen LogP contribution in [-0.4, -0.2) is 36.6 Å². The van der Waals surface area contributed by atoms with Gasteiger partial charge in [0.15, 0.2) is 0 Å². The molecule has 0 bridgehead atoms. The molecule has 9 heteroatoms. The van der Waals surface area contributed by atoms with Gasteiger partial charge in [0.1, 0.15) is 0 Å². The zero-order valence-corrected chi connectivity index (χ0v) is 16.2. The molecule has 0 unspecified atom stereocenters. The molecule has 3 rings (SSSR count). The molecule has 1 heterocycles. The van der Waals surface area contributed by atoms with Gasteiger partial charge in [-0.3, -0.25) is 14.9 Å². The van der Waals surface area contributed by atoms with E-state index in [4.69, 9.17) is 0 Å². The molecule has 1 aliphatic heterocycles. The number of aryl methyl sites for hydroxylation is 1. The number of hydrogen-bond donors (Lipinski definition) is 1. The molecule has 0 radical (unpaired) electrons. The summed E-state index contributed by atoms with van der Waals surface area (Å²) in [4.78, 5) is 22.9. The number of carbonyl (C=O) groups excluding carboxylic acids is 1. The Kier molecular flexibility index (Phi) is 5.76. The van der Waals surface area contributed by atoms with Crippen LogP contribution in [0.15, 0.2) is 47.4 Å². The number of nitrogens with one attached hydrogen (secondary N) is 1. The average Bonchev–Trinajstić information content (AvgIpc) is 2.68. The van der Waals surface area contributed by atoms with E-state index in [-0.39, 0.29) is 10.6 Å². The highest BCUT2D eigenvalue weighted by Gasteiger charge is 2.25. The number of benzene rings is 2. The molecule has 0 aromatic heterocycles. The molecular formula is C19H21N3O5S. The number of nitro benzene ring substituents is 1. The van der Waals surface area contributed by atoms with Crippen molar-refractivity contribution in [1.29, 1.82) is 0 Å². The number of amides is 1. The van der Waals surface area contributed by atoms with Gasteiger partial charge in [-0.05, 0) is 55.7 Å². The van der Waals surface area contributed by atoms with Gasteiger partial charge in [-0.25, -0.2) is 8.42 Å². The Morgan fingerprint density at radius 1 is 1.07 bits per heavy atom. The summed E-state index contributed by atoms with van der Waals surface area (Å²) in [6.07, 6.45) is 2.77. The van der Waals surface area contributed by atoms with Crippen LogP contribution in [-0.2, 0) is 10.0 Å². The summed E-state index contributed by atoms with van der Waals surface area (Å²) in [5.41, 5.74) is 1.16. The molecule has 8 nitrogen and oxygen atoms in total. The number of anilines is 1. The third-order valence-electron chi connectivity index (χ3n) is 4.73. The minimum Gasteiger partial charge on any atom is -0.322 e. The highest BCUT2D eigenvalue weighted by Crippen LogP contribution is 2.23. The maximum absolute atomic E-state index is 12.7. The van der Waals surface area contributed by atoms with Gasteiger partial charge in [0.05, 0.1) is 9.82 Å². The lowest BCUT2D eigenvalue weighted by Crippen LogP contribution is -2.35. The second-order valence-electron chi connectivity index (χ2n) is 6.70. The Hall–Kier alpha value is -2.78. The van der Waals surface area contributed by atoms with Crippen molar-refractivity contribution in [2.45, 2.75) is 31.1 Å². The first kappa shape index (κ1) is 20.0. The molecule has 0 saturated carbocycles. The molecule has 1 N–H and O–H groups in total. The Morgan fingerprint density at radius 3 is 2.29 bits per heavy atom. The van der Waals surface area contributed by atoms with Crippen LogP contribution in [0.3, 0.4) is 0 Å². The van der Waals surface area contributed by atoms with E-state index in [9.17, 15) is 23.3 Å². The summed E-state index contributed by atoms with van der Waals surface area (Å²) in [5.74, 6) is -0.418. The summed E-state index contributed by atoms with van der Waals surface area (Å²) in [7, 11) is -3.52. The summed E-state index contributed by atoms with van der Waals surface area (Å²) in [6.45, 7) is 2.68. The van der Waals surface area contributed by atoms with E-state index in [1.165, 1.54) is 46.8 Å². The molecule has 0 atom stereocenters. The van der Waals surface area contributed by atoms with Crippen LogP contribution in [0.2, 0.25) is 0 Å². The van der Waals surface area contributed by atoms with E-state index < -0.39 is 20.9 Å². The van der Waals surface area contributed by atoms with Gasteiger partial charge in [0, 0.05) is 36.5 Å². The van der Waals surface area contributed by atoms with Crippen molar-refractivity contribution in [3.05, 3.63) is 63.7 Å². The van der Waals surface area contributed by atoms with E-state index in [1.807, 2.05) is 0 Å². The van der Waals surface area contributed by atoms with Crippen molar-refractivity contribution in [2.24, 2.45) is 0 Å². The zero-order valence-electron chi connectivity index (χ0n) is 15.4. The monoisotopic (exact) mass is 403 g/mol. The van der Waals surface area contributed by atoms with E-state index >= 15 is 0 Å². The number of hydrogen-bond acceptors (Lipinski definition) is 5. The number of piperidine rings is 1. The highest BCUT2D eigenvalue weighted by atomic mass is 32.2. The lowest BCUT2D eigenvalue weighted by atomic mass is 10.1. The number of nitro groups is 1. The molecular weight excluding hydrogens is 382 g/mol. The number of nitrogens with zero attached hydrogens (tertiary/aromatic N) is 2. The molecule has 28 heavy (non-hydrogen) atoms. The van der Waals surface area contributed by atoms with Crippen LogP contribution in [0.5, 0.6) is 0 Å². The Morgan fingerprint density at radius 2 is 1.71 bits per heavy atom. The highest BCUT2D eigenvalue weighted by molar-refractivity contribution is 7.89. The molecule has 2 aromatic rings. The molecule has 148 valence electrons. The fraction of sp³-hybridized carbons (Fsp3) is 0.316. The van der Waals surface area contributed by atoms with Gasteiger partial charge in [-0.15, -0.1) is 0 Å². The van der Waals surface area contributed by atoms with E-state index in [0.717, 1.165) is 19.3 Å². The maximum Gasteiger partial charge on any atom is 0.269 e. The third kappa shape index (κ3) is 4.20. The van der Waals surface area contributed by atoms with Gasteiger partial charge < -0.3 is 5.32 Å². The topological polar surface area (TPSA) is 110 Å². The largest absolute Gasteiger partial charge is 0.322 e. The second kappa shape index (κ2) is 8.07. The lowest BCUT2D eigenvalue weighted by molar-refractivity contribution is -0.384. The maximum atomic E-state index is 12.7. The molecule has 1 saturated heterocycles. The predicted octanol–water partition coefficient (Wildman–Crippen LogP) is 3.33. The molecule has 1 fully saturated rings. The number of carbonyl (C=O) groups is 1. The quantitative estimate of drug-likeness (QED) is 0.608. The van der Waals surface area contributed by atoms with Crippen LogP contribution >= 0.6 is 0 Å². The van der Waals surface area contributed by atoms with Crippen LogP contribution in [0.1, 0.15) is 35.2 Å². The first-order valence-corrected chi connectivity index (χ1v) is 10.4. The number of non-ortho nitro benzene ring substituents is 1. The summed E-state index contributed by atoms with van der Waals surface area (Å²) >= 11 is 0. The number of rotatable bonds is 5. The molecule has 1 aliphatic rings. The van der Waals surface area contributed by atoms with Crippen molar-refractivity contribution in [1.82, 2.24) is 4.31 Å². The van der Waals surface area contributed by atoms with Gasteiger partial charge in [-0.2, -0.15) is 4.31 Å². The Bertz CT molecular complexity index is 997. The van der Waals surface area contributed by atoms with Crippen molar-refractivity contribution in [3.63, 3.8) is 0 Å². The minimum absolute atomic E-state index is 0.0821. The zero-order chi connectivity index (χ0) is 20.3. The van der Waals surface area contributed by atoms with Crippen molar-refractivity contribution in [2.75, 3.05) is 18.4 Å². The normalized spacial score (nSPS) is 15.2. The smallest absolute Gasteiger partial charge is 0.269 e. The predicted molar refractivity (Wildman–Crippen MR) is 105 cm³/mol. The van der Waals surface area contributed by atoms with Gasteiger partial charge in [0.25, 0.3) is 11.6 Å². The Labute approximate surface area is 163 Å². The van der Waals surface area contributed by atoms with Crippen LogP contribution < -0.4 is 5.32 Å². The van der Waals surface area contributed by atoms with Crippen molar-refractivity contribution in [3.8, 4) is 0 Å². The molecule has 2 aromatic carbocycles. The van der Waals surface area contributed by atoms with Crippen molar-refractivity contribution >= 4 is 27.3 Å². The van der Waals surface area contributed by atoms with E-state index in [1.54, 1.807) is 6.92 Å². The van der Waals surface area contributed by atoms with Crippen LogP contribution in [0.4, 0.5) is 11.4 Å². The van der Waals surface area contributed by atoms with Gasteiger partial charge in [-0.1, -0.05) is 6.42 Å². The SMILES string of the molecule is Cc1cc([N+](=O)[O-])ccc1C(=O)Nc1ccc(S(=O)(=O)N2CCCCC2)cc1. The fourth-order valence-corrected chi connectivity index (χ4v) is 4.70. The van der Waals surface area contributed by atoms with Crippen LogP contribution in [0, 0.1) is 17.0 Å². The van der Waals surface area contributed by atoms with Crippen LogP contribution in [0.25, 0.3) is 0 Å². The summed E-state index contributed by atoms with van der Waals surface area (Å²) < 4.78 is 26.8. The molecule has 1 amide bonds. The summed E-state index contributed by atoms with van der Waals surface area (Å²) in [6, 6.07) is 10.0. The summed E-state index contributed by atoms with van der Waals surface area (Å²) in [5, 5.41) is 13.5. The standard InChI is InChI=1S/C19H21N3O5S/c1-14-13-16(22(24)25)7-10-18(14)19(23)20-15-5-8-17(9-6-15)28(26,27)21-11-3-2-4-12-21/h5-10,13H,2-4,11-12H2,1H3,(H,20,23). The number of sulfonamides is 1. The Balaban J connectivity index is 1.74. The fourth-order valence-electron chi connectivity index (χ4n) is 3.18. The average molecular weight is 403 g/mol. The van der Waals surface area contributed by atoms with Gasteiger partial charge >= 0.3 is 0 Å². The van der Waals surface area contributed by atoms with Crippen molar-refractivity contribution < 1.29 is 18.1 Å². The second-order valence-corrected chi connectivity index (χ2v) is 8.64.